The fourth-order valence-corrected chi connectivity index (χ4v) is 3.96. The Morgan fingerprint density at radius 2 is 1.63 bits per heavy atom. The van der Waals surface area contributed by atoms with E-state index in [1.165, 1.54) is 0 Å². The van der Waals surface area contributed by atoms with Gasteiger partial charge in [-0.3, -0.25) is 0 Å². The third kappa shape index (κ3) is 4.82. The van der Waals surface area contributed by atoms with Crippen LogP contribution in [0.1, 0.15) is 25.0 Å². The normalized spacial score (nSPS) is 28.0. The quantitative estimate of drug-likeness (QED) is 0.757. The first-order chi connectivity index (χ1) is 14.4. The smallest absolute Gasteiger partial charge is 0.407 e. The van der Waals surface area contributed by atoms with Gasteiger partial charge in [0.05, 0.1) is 6.04 Å². The molecule has 2 fully saturated rings. The lowest BCUT2D eigenvalue weighted by molar-refractivity contribution is -0.222. The number of carbonyl (C=O) groups is 1. The third-order valence-electron chi connectivity index (χ3n) is 5.28. The highest BCUT2D eigenvalue weighted by Crippen LogP contribution is 2.39. The van der Waals surface area contributed by atoms with Gasteiger partial charge in [-0.2, -0.15) is 0 Å². The van der Waals surface area contributed by atoms with Crippen LogP contribution in [-0.4, -0.2) is 47.6 Å². The molecular weight excluding hydrogens is 386 g/mol. The number of hydrogen-bond donors (Lipinski definition) is 2. The van der Waals surface area contributed by atoms with Crippen LogP contribution in [0, 0.1) is 0 Å². The van der Waals surface area contributed by atoms with Gasteiger partial charge in [-0.25, -0.2) is 4.79 Å². The van der Waals surface area contributed by atoms with E-state index in [9.17, 15) is 9.90 Å². The molecule has 0 aliphatic carbocycles. The summed E-state index contributed by atoms with van der Waals surface area (Å²) in [4.78, 5) is 12.6. The molecule has 2 heterocycles. The Hall–Kier alpha value is -2.45. The van der Waals surface area contributed by atoms with Crippen LogP contribution in [0.25, 0.3) is 0 Å². The van der Waals surface area contributed by atoms with Crippen LogP contribution in [0.5, 0.6) is 0 Å². The summed E-state index contributed by atoms with van der Waals surface area (Å²) >= 11 is 0. The lowest BCUT2D eigenvalue weighted by Gasteiger charge is -2.29. The molecule has 160 valence electrons. The van der Waals surface area contributed by atoms with Crippen LogP contribution in [0.15, 0.2) is 60.7 Å². The lowest BCUT2D eigenvalue weighted by Crippen LogP contribution is -2.50. The number of hydrogen-bond acceptors (Lipinski definition) is 6. The van der Waals surface area contributed by atoms with E-state index in [2.05, 4.69) is 5.32 Å². The molecule has 2 aliphatic rings. The van der Waals surface area contributed by atoms with Crippen LogP contribution in [0.3, 0.4) is 0 Å². The Morgan fingerprint density at radius 1 is 1.03 bits per heavy atom. The molecule has 30 heavy (non-hydrogen) atoms. The van der Waals surface area contributed by atoms with Gasteiger partial charge in [0.1, 0.15) is 24.9 Å². The summed E-state index contributed by atoms with van der Waals surface area (Å²) in [6.07, 6.45) is -2.88. The number of aliphatic hydroxyl groups excluding tert-OH is 1. The minimum atomic E-state index is -1.12. The minimum absolute atomic E-state index is 0.164. The van der Waals surface area contributed by atoms with E-state index in [4.69, 9.17) is 18.9 Å². The van der Waals surface area contributed by atoms with E-state index in [-0.39, 0.29) is 6.61 Å². The predicted molar refractivity (Wildman–Crippen MR) is 108 cm³/mol. The first-order valence-corrected chi connectivity index (χ1v) is 10.1. The zero-order valence-corrected chi connectivity index (χ0v) is 17.1. The number of alkyl carbamates (subject to hydrolysis) is 1. The summed E-state index contributed by atoms with van der Waals surface area (Å²) in [5.41, 5.74) is 1.92. The second-order valence-corrected chi connectivity index (χ2v) is 8.06. The van der Waals surface area contributed by atoms with Crippen molar-refractivity contribution >= 4 is 6.09 Å². The molecular formula is C23H27NO6. The van der Waals surface area contributed by atoms with Gasteiger partial charge in [-0.1, -0.05) is 60.7 Å². The van der Waals surface area contributed by atoms with E-state index >= 15 is 0 Å². The van der Waals surface area contributed by atoms with Gasteiger partial charge in [0.15, 0.2) is 12.1 Å². The number of carbonyl (C=O) groups excluding carboxylic acids is 1. The standard InChI is InChI=1S/C23H27NO6/c1-23(2)29-19-18(28-21(25)20(19)30-23)17(13-15-9-5-3-6-10-15)24-22(26)27-14-16-11-7-4-8-12-16/h3-12,17-21,25H,13-14H2,1-2H3,(H,24,26)/t17-,18+,19-,20-,21-/m0/s1. The number of aliphatic hydroxyl groups is 1. The maximum Gasteiger partial charge on any atom is 0.407 e. The van der Waals surface area contributed by atoms with E-state index < -0.39 is 42.5 Å². The van der Waals surface area contributed by atoms with Crippen LogP contribution >= 0.6 is 0 Å². The molecule has 7 nitrogen and oxygen atoms in total. The number of fused-ring (bicyclic) bond motifs is 1. The first-order valence-electron chi connectivity index (χ1n) is 10.1. The number of amides is 1. The third-order valence-corrected chi connectivity index (χ3v) is 5.28. The van der Waals surface area contributed by atoms with Gasteiger partial charge in [-0.15, -0.1) is 0 Å². The molecule has 1 amide bonds. The van der Waals surface area contributed by atoms with Gasteiger partial charge in [0.2, 0.25) is 0 Å². The molecule has 2 aromatic rings. The SMILES string of the molecule is CC1(C)O[C@H]2[C@@H]([C@H](Cc3ccccc3)NC(=O)OCc3ccccc3)O[C@H](O)[C@H]2O1. The Balaban J connectivity index is 1.47. The van der Waals surface area contributed by atoms with E-state index in [0.29, 0.717) is 6.42 Å². The van der Waals surface area contributed by atoms with Gasteiger partial charge in [0, 0.05) is 0 Å². The topological polar surface area (TPSA) is 86.3 Å². The van der Waals surface area contributed by atoms with Crippen molar-refractivity contribution < 1.29 is 28.8 Å². The van der Waals surface area contributed by atoms with Gasteiger partial charge < -0.3 is 29.4 Å². The monoisotopic (exact) mass is 413 g/mol. The van der Waals surface area contributed by atoms with Crippen LogP contribution in [0.4, 0.5) is 4.79 Å². The van der Waals surface area contributed by atoms with E-state index in [1.807, 2.05) is 60.7 Å². The Morgan fingerprint density at radius 3 is 2.30 bits per heavy atom. The van der Waals surface area contributed by atoms with Crippen molar-refractivity contribution in [2.75, 3.05) is 0 Å². The lowest BCUT2D eigenvalue weighted by atomic mass is 9.97. The summed E-state index contributed by atoms with van der Waals surface area (Å²) in [6, 6.07) is 18.7. The second kappa shape index (κ2) is 8.73. The molecule has 0 unspecified atom stereocenters. The Bertz CT molecular complexity index is 843. The maximum absolute atomic E-state index is 12.6. The summed E-state index contributed by atoms with van der Waals surface area (Å²) in [7, 11) is 0. The molecule has 0 spiro atoms. The van der Waals surface area contributed by atoms with Gasteiger partial charge >= 0.3 is 6.09 Å². The van der Waals surface area contributed by atoms with Crippen molar-refractivity contribution in [3.63, 3.8) is 0 Å². The number of ether oxygens (including phenoxy) is 4. The van der Waals surface area contributed by atoms with E-state index in [1.54, 1.807) is 13.8 Å². The first kappa shape index (κ1) is 20.8. The zero-order valence-electron chi connectivity index (χ0n) is 17.1. The maximum atomic E-state index is 12.6. The fourth-order valence-electron chi connectivity index (χ4n) is 3.96. The van der Waals surface area contributed by atoms with Gasteiger partial charge in [-0.05, 0) is 31.4 Å². The predicted octanol–water partition coefficient (Wildman–Crippen LogP) is 2.76. The average Bonchev–Trinajstić information content (AvgIpc) is 3.21. The molecule has 5 atom stereocenters. The van der Waals surface area contributed by atoms with Crippen LogP contribution < -0.4 is 5.32 Å². The molecule has 2 N–H and O–H groups in total. The molecule has 4 rings (SSSR count). The highest BCUT2D eigenvalue weighted by Gasteiger charge is 2.57. The molecule has 2 saturated heterocycles. The molecule has 0 aromatic heterocycles. The number of rotatable bonds is 6. The summed E-state index contributed by atoms with van der Waals surface area (Å²) in [6.45, 7) is 3.75. The zero-order chi connectivity index (χ0) is 21.1. The van der Waals surface area contributed by atoms with Crippen LogP contribution in [0.2, 0.25) is 0 Å². The minimum Gasteiger partial charge on any atom is -0.445 e. The van der Waals surface area contributed by atoms with Crippen molar-refractivity contribution in [2.45, 2.75) is 63.3 Å². The van der Waals surface area contributed by atoms with Gasteiger partial charge in [0.25, 0.3) is 0 Å². The van der Waals surface area contributed by atoms with Crippen molar-refractivity contribution in [3.05, 3.63) is 71.8 Å². The highest BCUT2D eigenvalue weighted by atomic mass is 16.8. The van der Waals surface area contributed by atoms with Crippen molar-refractivity contribution in [3.8, 4) is 0 Å². The molecule has 0 saturated carbocycles. The Kier molecular flexibility index (Phi) is 6.06. The molecule has 0 bridgehead atoms. The molecule has 0 radical (unpaired) electrons. The number of benzene rings is 2. The van der Waals surface area contributed by atoms with E-state index in [0.717, 1.165) is 11.1 Å². The average molecular weight is 413 g/mol. The van der Waals surface area contributed by atoms with Crippen molar-refractivity contribution in [1.29, 1.82) is 0 Å². The molecule has 2 aliphatic heterocycles. The highest BCUT2D eigenvalue weighted by molar-refractivity contribution is 5.67. The largest absolute Gasteiger partial charge is 0.445 e. The Labute approximate surface area is 175 Å². The summed E-state index contributed by atoms with van der Waals surface area (Å²) in [5.74, 6) is -0.830. The van der Waals surface area contributed by atoms with Crippen LogP contribution in [-0.2, 0) is 32.0 Å². The summed E-state index contributed by atoms with van der Waals surface area (Å²) < 4.78 is 22.9. The molecule has 2 aromatic carbocycles. The van der Waals surface area contributed by atoms with Crippen molar-refractivity contribution in [2.24, 2.45) is 0 Å². The summed E-state index contributed by atoms with van der Waals surface area (Å²) in [5, 5.41) is 13.2. The fraction of sp³-hybridized carbons (Fsp3) is 0.435. The molecule has 7 heteroatoms. The number of nitrogens with one attached hydrogen (secondary N) is 1. The second-order valence-electron chi connectivity index (χ2n) is 8.06. The van der Waals surface area contributed by atoms with Crippen molar-refractivity contribution in [1.82, 2.24) is 5.32 Å².